The van der Waals surface area contributed by atoms with Gasteiger partial charge in [0.25, 0.3) is 0 Å². The molecule has 1 aliphatic rings. The second-order valence-corrected chi connectivity index (χ2v) is 16.5. The smallest absolute Gasteiger partial charge is 0.0624 e. The SMILES string of the molecule is CC1(C)c2ccccc2-c2ccc(N(c3ccc(-c4ccccc4-c4ccccc4)cc3)c3c(-c4cccc(-c5ccccc5)c4)c4ccccc4c4ccccc34)cc21. The van der Waals surface area contributed by atoms with Crippen molar-refractivity contribution in [3.05, 3.63) is 236 Å². The van der Waals surface area contributed by atoms with Crippen LogP contribution in [0.4, 0.5) is 17.1 Å². The van der Waals surface area contributed by atoms with Crippen LogP contribution in [-0.2, 0) is 5.41 Å². The van der Waals surface area contributed by atoms with Crippen molar-refractivity contribution in [2.75, 3.05) is 4.90 Å². The fourth-order valence-electron chi connectivity index (χ4n) is 9.77. The fourth-order valence-corrected chi connectivity index (χ4v) is 9.77. The predicted molar refractivity (Wildman–Crippen MR) is 255 cm³/mol. The summed E-state index contributed by atoms with van der Waals surface area (Å²) in [5, 5.41) is 4.91. The molecule has 0 saturated heterocycles. The highest BCUT2D eigenvalue weighted by atomic mass is 15.1. The standard InChI is InChI=1S/C59H43N/c1-59(2)55-31-16-15-28-51(55)52-37-36-46(39-56(52)59)60(45-34-32-42(33-35-45)48-25-10-9-24-47(48)41-20-7-4-8-21-41)58-54-30-14-12-27-50(54)49-26-11-13-29-53(49)57(58)44-23-17-22-43(38-44)40-18-5-3-6-19-40/h3-39H,1-2H3. The summed E-state index contributed by atoms with van der Waals surface area (Å²) in [6.45, 7) is 4.74. The molecule has 0 radical (unpaired) electrons. The van der Waals surface area contributed by atoms with E-state index in [-0.39, 0.29) is 5.41 Å². The molecule has 1 aliphatic carbocycles. The van der Waals surface area contributed by atoms with Crippen molar-refractivity contribution in [2.45, 2.75) is 19.3 Å². The van der Waals surface area contributed by atoms with Crippen molar-refractivity contribution in [1.29, 1.82) is 0 Å². The molecule has 10 aromatic carbocycles. The van der Waals surface area contributed by atoms with Crippen LogP contribution in [0.15, 0.2) is 224 Å². The molecule has 0 saturated carbocycles. The Morgan fingerprint density at radius 2 is 0.783 bits per heavy atom. The van der Waals surface area contributed by atoms with Crippen molar-refractivity contribution < 1.29 is 0 Å². The zero-order valence-corrected chi connectivity index (χ0v) is 33.8. The summed E-state index contributed by atoms with van der Waals surface area (Å²) in [4.78, 5) is 2.53. The van der Waals surface area contributed by atoms with Gasteiger partial charge < -0.3 is 4.90 Å². The van der Waals surface area contributed by atoms with Crippen LogP contribution in [0, 0.1) is 0 Å². The van der Waals surface area contributed by atoms with Crippen LogP contribution in [-0.4, -0.2) is 0 Å². The van der Waals surface area contributed by atoms with E-state index in [1.165, 1.54) is 94.0 Å². The molecule has 0 N–H and O–H groups in total. The van der Waals surface area contributed by atoms with Crippen molar-refractivity contribution in [3.8, 4) is 55.6 Å². The minimum atomic E-state index is -0.156. The van der Waals surface area contributed by atoms with E-state index in [0.717, 1.165) is 11.4 Å². The Morgan fingerprint density at radius 1 is 0.300 bits per heavy atom. The maximum absolute atomic E-state index is 2.53. The van der Waals surface area contributed by atoms with Gasteiger partial charge in [-0.25, -0.2) is 0 Å². The number of anilines is 3. The quantitative estimate of drug-likeness (QED) is 0.146. The summed E-state index contributed by atoms with van der Waals surface area (Å²) in [6, 6.07) is 82.5. The molecule has 0 unspecified atom stereocenters. The maximum atomic E-state index is 2.53. The van der Waals surface area contributed by atoms with Gasteiger partial charge in [0.05, 0.1) is 5.69 Å². The first-order chi connectivity index (χ1) is 29.5. The first kappa shape index (κ1) is 35.7. The first-order valence-corrected chi connectivity index (χ1v) is 20.9. The van der Waals surface area contributed by atoms with Gasteiger partial charge in [0.1, 0.15) is 0 Å². The Bertz CT molecular complexity index is 3210. The molecule has 0 atom stereocenters. The average Bonchev–Trinajstić information content (AvgIpc) is 3.55. The van der Waals surface area contributed by atoms with Crippen molar-refractivity contribution in [3.63, 3.8) is 0 Å². The van der Waals surface area contributed by atoms with Gasteiger partial charge in [-0.05, 0) is 108 Å². The number of hydrogen-bond donors (Lipinski definition) is 0. The molecule has 10 aromatic rings. The van der Waals surface area contributed by atoms with Crippen molar-refractivity contribution in [2.24, 2.45) is 0 Å². The van der Waals surface area contributed by atoms with Gasteiger partial charge in [-0.2, -0.15) is 0 Å². The van der Waals surface area contributed by atoms with Gasteiger partial charge >= 0.3 is 0 Å². The molecule has 0 bridgehead atoms. The van der Waals surface area contributed by atoms with Crippen LogP contribution in [0.25, 0.3) is 77.2 Å². The lowest BCUT2D eigenvalue weighted by Crippen LogP contribution is -2.17. The van der Waals surface area contributed by atoms with Gasteiger partial charge in [-0.3, -0.25) is 0 Å². The minimum Gasteiger partial charge on any atom is -0.309 e. The highest BCUT2D eigenvalue weighted by Crippen LogP contribution is 2.54. The van der Waals surface area contributed by atoms with E-state index in [9.17, 15) is 0 Å². The van der Waals surface area contributed by atoms with E-state index in [0.29, 0.717) is 0 Å². The summed E-state index contributed by atoms with van der Waals surface area (Å²) >= 11 is 0. The van der Waals surface area contributed by atoms with Gasteiger partial charge in [-0.15, -0.1) is 0 Å². The molecule has 0 fully saturated rings. The third-order valence-corrected chi connectivity index (χ3v) is 12.7. The van der Waals surface area contributed by atoms with Gasteiger partial charge in [0, 0.05) is 27.7 Å². The molecule has 1 heteroatoms. The summed E-state index contributed by atoms with van der Waals surface area (Å²) in [5.74, 6) is 0. The van der Waals surface area contributed by atoms with Crippen LogP contribution < -0.4 is 4.90 Å². The third kappa shape index (κ3) is 5.85. The Hall–Kier alpha value is -7.48. The molecular weight excluding hydrogens is 723 g/mol. The Kier molecular flexibility index (Phi) is 8.57. The molecule has 60 heavy (non-hydrogen) atoms. The Morgan fingerprint density at radius 3 is 1.48 bits per heavy atom. The third-order valence-electron chi connectivity index (χ3n) is 12.7. The molecule has 0 spiro atoms. The molecule has 11 rings (SSSR count). The van der Waals surface area contributed by atoms with E-state index in [4.69, 9.17) is 0 Å². The number of rotatable bonds is 7. The van der Waals surface area contributed by atoms with E-state index in [1.54, 1.807) is 0 Å². The lowest BCUT2D eigenvalue weighted by atomic mass is 9.82. The molecule has 0 aromatic heterocycles. The summed E-state index contributed by atoms with van der Waals surface area (Å²) in [7, 11) is 0. The summed E-state index contributed by atoms with van der Waals surface area (Å²) in [5.41, 5.74) is 18.2. The van der Waals surface area contributed by atoms with Crippen molar-refractivity contribution in [1.82, 2.24) is 0 Å². The van der Waals surface area contributed by atoms with Crippen LogP contribution in [0.1, 0.15) is 25.0 Å². The van der Waals surface area contributed by atoms with E-state index in [1.807, 2.05) is 0 Å². The molecular formula is C59H43N. The summed E-state index contributed by atoms with van der Waals surface area (Å²) < 4.78 is 0. The van der Waals surface area contributed by atoms with E-state index >= 15 is 0 Å². The largest absolute Gasteiger partial charge is 0.309 e. The summed E-state index contributed by atoms with van der Waals surface area (Å²) in [6.07, 6.45) is 0. The minimum absolute atomic E-state index is 0.156. The number of fused-ring (bicyclic) bond motifs is 6. The molecule has 0 heterocycles. The molecule has 284 valence electrons. The highest BCUT2D eigenvalue weighted by molar-refractivity contribution is 6.22. The van der Waals surface area contributed by atoms with Gasteiger partial charge in [0.2, 0.25) is 0 Å². The van der Waals surface area contributed by atoms with Gasteiger partial charge in [-0.1, -0.05) is 208 Å². The second-order valence-electron chi connectivity index (χ2n) is 16.5. The number of benzene rings is 10. The molecule has 0 amide bonds. The predicted octanol–water partition coefficient (Wildman–Crippen LogP) is 16.4. The van der Waals surface area contributed by atoms with E-state index < -0.39 is 0 Å². The van der Waals surface area contributed by atoms with Crippen molar-refractivity contribution >= 4 is 38.6 Å². The average molecular weight is 766 g/mol. The first-order valence-electron chi connectivity index (χ1n) is 20.9. The van der Waals surface area contributed by atoms with Crippen LogP contribution in [0.3, 0.4) is 0 Å². The molecule has 0 aliphatic heterocycles. The Balaban J connectivity index is 1.19. The Labute approximate surface area is 352 Å². The van der Waals surface area contributed by atoms with E-state index in [2.05, 4.69) is 243 Å². The monoisotopic (exact) mass is 765 g/mol. The van der Waals surface area contributed by atoms with Gasteiger partial charge in [0.15, 0.2) is 0 Å². The number of nitrogens with zero attached hydrogens (tertiary/aromatic N) is 1. The zero-order valence-electron chi connectivity index (χ0n) is 33.8. The second kappa shape index (κ2) is 14.4. The lowest BCUT2D eigenvalue weighted by molar-refractivity contribution is 0.660. The fraction of sp³-hybridized carbons (Fsp3) is 0.0508. The maximum Gasteiger partial charge on any atom is 0.0624 e. The lowest BCUT2D eigenvalue weighted by Gasteiger charge is -2.32. The topological polar surface area (TPSA) is 3.24 Å². The zero-order chi connectivity index (χ0) is 40.2. The highest BCUT2D eigenvalue weighted by Gasteiger charge is 2.36. The van der Waals surface area contributed by atoms with Crippen LogP contribution >= 0.6 is 0 Å². The van der Waals surface area contributed by atoms with Crippen LogP contribution in [0.5, 0.6) is 0 Å². The molecule has 1 nitrogen and oxygen atoms in total. The van der Waals surface area contributed by atoms with Crippen LogP contribution in [0.2, 0.25) is 0 Å². The number of hydrogen-bond acceptors (Lipinski definition) is 1. The normalized spacial score (nSPS) is 12.6.